The predicted octanol–water partition coefficient (Wildman–Crippen LogP) is 4.55. The fraction of sp³-hybridized carbons (Fsp3) is 0.609. The third-order valence-electron chi connectivity index (χ3n) is 6.12. The van der Waals surface area contributed by atoms with Crippen LogP contribution in [0, 0.1) is 6.92 Å². The number of aryl methyl sites for hydroxylation is 1. The van der Waals surface area contributed by atoms with Crippen molar-refractivity contribution in [3.05, 3.63) is 23.4 Å². The molecule has 0 spiro atoms. The highest BCUT2D eigenvalue weighted by atomic mass is 16.5. The Labute approximate surface area is 168 Å². The van der Waals surface area contributed by atoms with E-state index in [0.29, 0.717) is 6.61 Å². The third kappa shape index (κ3) is 3.90. The summed E-state index contributed by atoms with van der Waals surface area (Å²) in [6, 6.07) is 4.13. The number of methoxy groups -OCH3 is 1. The molecule has 2 aromatic rings. The molecule has 0 bridgehead atoms. The molecule has 0 aliphatic carbocycles. The van der Waals surface area contributed by atoms with Crippen molar-refractivity contribution in [2.75, 3.05) is 38.7 Å². The first kappa shape index (κ1) is 19.3. The normalized spacial score (nSPS) is 18.7. The van der Waals surface area contributed by atoms with E-state index in [9.17, 15) is 0 Å². The van der Waals surface area contributed by atoms with Crippen LogP contribution in [0.1, 0.15) is 50.8 Å². The molecule has 152 valence electrons. The average Bonchev–Trinajstić information content (AvgIpc) is 3.17. The summed E-state index contributed by atoms with van der Waals surface area (Å²) in [4.78, 5) is 7.40. The quantitative estimate of drug-likeness (QED) is 0.742. The first-order chi connectivity index (χ1) is 13.5. The van der Waals surface area contributed by atoms with E-state index in [1.807, 2.05) is 6.07 Å². The van der Waals surface area contributed by atoms with Crippen LogP contribution in [0.2, 0.25) is 0 Å². The lowest BCUT2D eigenvalue weighted by molar-refractivity contribution is 0.254. The maximum absolute atomic E-state index is 6.11. The summed E-state index contributed by atoms with van der Waals surface area (Å²) in [6.07, 6.45) is 5.87. The average molecular weight is 384 g/mol. The Morgan fingerprint density at radius 2 is 1.96 bits per heavy atom. The summed E-state index contributed by atoms with van der Waals surface area (Å²) in [6.45, 7) is 10.9. The molecule has 2 aliphatic heterocycles. The second-order valence-electron chi connectivity index (χ2n) is 8.83. The van der Waals surface area contributed by atoms with Crippen LogP contribution in [0.3, 0.4) is 0 Å². The number of hydrogen-bond donors (Lipinski definition) is 1. The van der Waals surface area contributed by atoms with Gasteiger partial charge in [0.2, 0.25) is 0 Å². The highest BCUT2D eigenvalue weighted by Gasteiger charge is 2.28. The molecule has 4 rings (SSSR count). The molecule has 5 heteroatoms. The van der Waals surface area contributed by atoms with Crippen molar-refractivity contribution < 1.29 is 9.47 Å². The molecule has 1 saturated heterocycles. The highest BCUT2D eigenvalue weighted by molar-refractivity contribution is 5.96. The van der Waals surface area contributed by atoms with Gasteiger partial charge in [0.05, 0.1) is 19.2 Å². The van der Waals surface area contributed by atoms with Crippen LogP contribution in [0.5, 0.6) is 11.5 Å². The molecule has 3 heterocycles. The van der Waals surface area contributed by atoms with Crippen molar-refractivity contribution in [3.8, 4) is 11.5 Å². The maximum Gasteiger partial charge on any atom is 0.163 e. The Bertz CT molecular complexity index is 857. The molecule has 1 N–H and O–H groups in total. The van der Waals surface area contributed by atoms with Crippen molar-refractivity contribution in [1.82, 2.24) is 9.88 Å². The van der Waals surface area contributed by atoms with Crippen LogP contribution in [-0.4, -0.2) is 48.8 Å². The smallest absolute Gasteiger partial charge is 0.163 e. The van der Waals surface area contributed by atoms with Gasteiger partial charge in [-0.1, -0.05) is 0 Å². The van der Waals surface area contributed by atoms with E-state index in [0.717, 1.165) is 53.9 Å². The van der Waals surface area contributed by atoms with E-state index >= 15 is 0 Å². The monoisotopic (exact) mass is 383 g/mol. The molecular weight excluding hydrogens is 350 g/mol. The standard InChI is InChI=1S/C23H33N3O2/c1-16-17-8-9-23(2,3)25-22(17)18-14-20(27-4)21(15-19(18)24-16)28-13-7-12-26-10-5-6-11-26/h14-15,25H,5-13H2,1-4H3. The number of ether oxygens (including phenoxy) is 2. The molecule has 0 atom stereocenters. The zero-order chi connectivity index (χ0) is 19.7. The number of nitrogens with one attached hydrogen (secondary N) is 1. The topological polar surface area (TPSA) is 46.6 Å². The van der Waals surface area contributed by atoms with Crippen molar-refractivity contribution in [1.29, 1.82) is 0 Å². The number of nitrogens with zero attached hydrogens (tertiary/aromatic N) is 2. The van der Waals surface area contributed by atoms with E-state index in [-0.39, 0.29) is 5.54 Å². The van der Waals surface area contributed by atoms with Crippen LogP contribution in [0.4, 0.5) is 5.69 Å². The Morgan fingerprint density at radius 1 is 1.18 bits per heavy atom. The lowest BCUT2D eigenvalue weighted by atomic mass is 9.87. The number of hydrogen-bond acceptors (Lipinski definition) is 5. The Morgan fingerprint density at radius 3 is 2.71 bits per heavy atom. The molecule has 5 nitrogen and oxygen atoms in total. The van der Waals surface area contributed by atoms with Crippen molar-refractivity contribution >= 4 is 16.6 Å². The van der Waals surface area contributed by atoms with Gasteiger partial charge < -0.3 is 19.7 Å². The number of anilines is 1. The molecule has 2 aliphatic rings. The summed E-state index contributed by atoms with van der Waals surface area (Å²) in [7, 11) is 1.71. The van der Waals surface area contributed by atoms with E-state index in [1.54, 1.807) is 7.11 Å². The number of benzene rings is 1. The molecule has 1 aromatic heterocycles. The number of aromatic nitrogens is 1. The van der Waals surface area contributed by atoms with E-state index in [1.165, 1.54) is 37.2 Å². The predicted molar refractivity (Wildman–Crippen MR) is 115 cm³/mol. The summed E-state index contributed by atoms with van der Waals surface area (Å²) in [5, 5.41) is 4.85. The largest absolute Gasteiger partial charge is 0.493 e. The minimum absolute atomic E-state index is 0.0890. The van der Waals surface area contributed by atoms with Gasteiger partial charge >= 0.3 is 0 Å². The third-order valence-corrected chi connectivity index (χ3v) is 6.12. The first-order valence-electron chi connectivity index (χ1n) is 10.6. The molecule has 1 fully saturated rings. The first-order valence-corrected chi connectivity index (χ1v) is 10.6. The molecule has 1 aromatic carbocycles. The second-order valence-corrected chi connectivity index (χ2v) is 8.83. The van der Waals surface area contributed by atoms with Gasteiger partial charge in [-0.3, -0.25) is 4.98 Å². The fourth-order valence-electron chi connectivity index (χ4n) is 4.47. The van der Waals surface area contributed by atoms with Crippen LogP contribution in [-0.2, 0) is 6.42 Å². The molecular formula is C23H33N3O2. The summed E-state index contributed by atoms with van der Waals surface area (Å²) in [5.41, 5.74) is 4.70. The van der Waals surface area contributed by atoms with Gasteiger partial charge in [0, 0.05) is 34.9 Å². The van der Waals surface area contributed by atoms with Gasteiger partial charge in [0.1, 0.15) is 0 Å². The SMILES string of the molecule is COc1cc2c3c(c(C)nc2cc1OCCCN1CCCC1)CCC(C)(C)N3. The van der Waals surface area contributed by atoms with E-state index in [4.69, 9.17) is 14.5 Å². The van der Waals surface area contributed by atoms with Gasteiger partial charge in [-0.15, -0.1) is 0 Å². The lowest BCUT2D eigenvalue weighted by Crippen LogP contribution is -2.35. The van der Waals surface area contributed by atoms with Gasteiger partial charge in [-0.25, -0.2) is 0 Å². The maximum atomic E-state index is 6.11. The van der Waals surface area contributed by atoms with E-state index in [2.05, 4.69) is 37.1 Å². The zero-order valence-electron chi connectivity index (χ0n) is 17.7. The van der Waals surface area contributed by atoms with Crippen LogP contribution in [0.15, 0.2) is 12.1 Å². The Balaban J connectivity index is 1.58. The second kappa shape index (κ2) is 7.78. The number of pyridine rings is 1. The Kier molecular flexibility index (Phi) is 5.37. The van der Waals surface area contributed by atoms with Gasteiger partial charge in [-0.2, -0.15) is 0 Å². The number of likely N-dealkylation sites (tertiary alicyclic amines) is 1. The van der Waals surface area contributed by atoms with E-state index < -0.39 is 0 Å². The van der Waals surface area contributed by atoms with Gasteiger partial charge in [0.25, 0.3) is 0 Å². The highest BCUT2D eigenvalue weighted by Crippen LogP contribution is 2.41. The summed E-state index contributed by atoms with van der Waals surface area (Å²) >= 11 is 0. The molecule has 0 unspecified atom stereocenters. The fourth-order valence-corrected chi connectivity index (χ4v) is 4.47. The van der Waals surface area contributed by atoms with Gasteiger partial charge in [-0.05, 0) is 77.6 Å². The molecule has 28 heavy (non-hydrogen) atoms. The van der Waals surface area contributed by atoms with Crippen LogP contribution in [0.25, 0.3) is 10.9 Å². The van der Waals surface area contributed by atoms with Crippen molar-refractivity contribution in [2.24, 2.45) is 0 Å². The number of fused-ring (bicyclic) bond motifs is 3. The molecule has 0 radical (unpaired) electrons. The Hall–Kier alpha value is -2.01. The molecule has 0 saturated carbocycles. The molecule has 0 amide bonds. The van der Waals surface area contributed by atoms with Crippen LogP contribution >= 0.6 is 0 Å². The van der Waals surface area contributed by atoms with Gasteiger partial charge in [0.15, 0.2) is 11.5 Å². The van der Waals surface area contributed by atoms with Crippen LogP contribution < -0.4 is 14.8 Å². The van der Waals surface area contributed by atoms with Crippen molar-refractivity contribution in [2.45, 2.75) is 58.4 Å². The summed E-state index contributed by atoms with van der Waals surface area (Å²) < 4.78 is 11.8. The lowest BCUT2D eigenvalue weighted by Gasteiger charge is -2.35. The summed E-state index contributed by atoms with van der Waals surface area (Å²) in [5.74, 6) is 1.57. The van der Waals surface area contributed by atoms with Crippen molar-refractivity contribution in [3.63, 3.8) is 0 Å². The minimum Gasteiger partial charge on any atom is -0.493 e. The zero-order valence-corrected chi connectivity index (χ0v) is 17.7. The number of rotatable bonds is 6. The minimum atomic E-state index is 0.0890.